The molecule has 0 aromatic rings. The third-order valence-corrected chi connectivity index (χ3v) is 4.66. The molecule has 1 saturated carbocycles. The minimum Gasteiger partial charge on any atom is -0.458 e. The van der Waals surface area contributed by atoms with Gasteiger partial charge in [0.1, 0.15) is 6.10 Å². The molecule has 0 aliphatic heterocycles. The zero-order valence-electron chi connectivity index (χ0n) is 11.4. The smallest absolute Gasteiger partial charge is 0.333 e. The summed E-state index contributed by atoms with van der Waals surface area (Å²) in [5.74, 6) is 0.748. The molecule has 3 aliphatic rings. The minimum absolute atomic E-state index is 0.0948. The molecule has 1 fully saturated rings. The van der Waals surface area contributed by atoms with Gasteiger partial charge in [0.05, 0.1) is 0 Å². The molecule has 2 nitrogen and oxygen atoms in total. The molecule has 3 atom stereocenters. The van der Waals surface area contributed by atoms with Gasteiger partial charge in [0.15, 0.2) is 0 Å². The number of rotatable bonds is 2. The van der Waals surface area contributed by atoms with Gasteiger partial charge in [0, 0.05) is 17.4 Å². The fourth-order valence-electron chi connectivity index (χ4n) is 3.40. The SMILES string of the molecule is C/C=C(\C)C(=O)O[C@@H]1[C@H]2CC=C(C)[C@@H]1C2(C)C. The van der Waals surface area contributed by atoms with Crippen molar-refractivity contribution in [2.24, 2.45) is 17.3 Å². The number of carbonyl (C=O) groups excluding carboxylic acids is 1. The van der Waals surface area contributed by atoms with E-state index in [1.165, 1.54) is 5.57 Å². The summed E-state index contributed by atoms with van der Waals surface area (Å²) >= 11 is 0. The van der Waals surface area contributed by atoms with Crippen LogP contribution >= 0.6 is 0 Å². The van der Waals surface area contributed by atoms with Crippen molar-refractivity contribution in [3.05, 3.63) is 23.3 Å². The van der Waals surface area contributed by atoms with Crippen LogP contribution in [0.2, 0.25) is 0 Å². The van der Waals surface area contributed by atoms with Gasteiger partial charge >= 0.3 is 5.97 Å². The van der Waals surface area contributed by atoms with Gasteiger partial charge in [-0.05, 0) is 32.6 Å². The minimum atomic E-state index is -0.155. The summed E-state index contributed by atoms with van der Waals surface area (Å²) in [7, 11) is 0. The van der Waals surface area contributed by atoms with E-state index in [0.717, 1.165) is 6.42 Å². The molecule has 0 heterocycles. The van der Waals surface area contributed by atoms with Gasteiger partial charge in [-0.1, -0.05) is 31.6 Å². The van der Waals surface area contributed by atoms with Gasteiger partial charge in [-0.15, -0.1) is 0 Å². The maximum absolute atomic E-state index is 11.8. The van der Waals surface area contributed by atoms with Crippen LogP contribution in [0.3, 0.4) is 0 Å². The summed E-state index contributed by atoms with van der Waals surface area (Å²) in [6.45, 7) is 10.4. The van der Waals surface area contributed by atoms with Crippen molar-refractivity contribution in [2.45, 2.75) is 47.1 Å². The molecule has 0 unspecified atom stereocenters. The predicted octanol–water partition coefficient (Wildman–Crippen LogP) is 3.49. The summed E-state index contributed by atoms with van der Waals surface area (Å²) in [6.07, 6.45) is 5.25. The molecule has 0 saturated heterocycles. The Morgan fingerprint density at radius 1 is 1.53 bits per heavy atom. The zero-order valence-corrected chi connectivity index (χ0v) is 11.4. The van der Waals surface area contributed by atoms with Gasteiger partial charge in [0.25, 0.3) is 0 Å². The molecule has 2 bridgehead atoms. The van der Waals surface area contributed by atoms with Crippen LogP contribution in [0, 0.1) is 17.3 Å². The molecule has 3 aliphatic carbocycles. The van der Waals surface area contributed by atoms with E-state index in [4.69, 9.17) is 4.74 Å². The van der Waals surface area contributed by atoms with Gasteiger partial charge in [-0.3, -0.25) is 0 Å². The predicted molar refractivity (Wildman–Crippen MR) is 68.4 cm³/mol. The van der Waals surface area contributed by atoms with Crippen LogP contribution in [0.5, 0.6) is 0 Å². The number of allylic oxidation sites excluding steroid dienone is 2. The molecule has 0 radical (unpaired) electrons. The Morgan fingerprint density at radius 2 is 2.18 bits per heavy atom. The summed E-state index contributed by atoms with van der Waals surface area (Å²) in [5.41, 5.74) is 2.37. The normalized spacial score (nSPS) is 34.8. The first-order valence-electron chi connectivity index (χ1n) is 6.40. The van der Waals surface area contributed by atoms with Crippen molar-refractivity contribution in [1.82, 2.24) is 0 Å². The number of hydrogen-bond acceptors (Lipinski definition) is 2. The van der Waals surface area contributed by atoms with Gasteiger partial charge in [-0.2, -0.15) is 0 Å². The number of fused-ring (bicyclic) bond motifs is 1. The Hall–Kier alpha value is -1.05. The van der Waals surface area contributed by atoms with Crippen molar-refractivity contribution in [2.75, 3.05) is 0 Å². The second-order valence-electron chi connectivity index (χ2n) is 5.93. The van der Waals surface area contributed by atoms with E-state index in [1.807, 2.05) is 19.9 Å². The van der Waals surface area contributed by atoms with E-state index >= 15 is 0 Å². The monoisotopic (exact) mass is 234 g/mol. The topological polar surface area (TPSA) is 26.3 Å². The molecule has 2 heteroatoms. The maximum Gasteiger partial charge on any atom is 0.333 e. The first-order chi connectivity index (χ1) is 7.89. The van der Waals surface area contributed by atoms with Gasteiger partial charge in [-0.25, -0.2) is 4.79 Å². The highest BCUT2D eigenvalue weighted by atomic mass is 16.5. The van der Waals surface area contributed by atoms with Crippen LogP contribution in [-0.4, -0.2) is 12.1 Å². The third kappa shape index (κ3) is 1.74. The number of carbonyl (C=O) groups is 1. The highest BCUT2D eigenvalue weighted by Crippen LogP contribution is 2.60. The van der Waals surface area contributed by atoms with E-state index in [9.17, 15) is 4.79 Å². The van der Waals surface area contributed by atoms with Gasteiger partial charge < -0.3 is 4.74 Å². The second-order valence-corrected chi connectivity index (χ2v) is 5.93. The van der Waals surface area contributed by atoms with E-state index in [0.29, 0.717) is 17.4 Å². The summed E-state index contributed by atoms with van der Waals surface area (Å²) in [6, 6.07) is 0. The molecular weight excluding hydrogens is 212 g/mol. The number of esters is 1. The molecule has 17 heavy (non-hydrogen) atoms. The molecule has 0 spiro atoms. The van der Waals surface area contributed by atoms with E-state index in [1.54, 1.807) is 0 Å². The first kappa shape index (κ1) is 12.4. The van der Waals surface area contributed by atoms with Crippen molar-refractivity contribution >= 4 is 5.97 Å². The fourth-order valence-corrected chi connectivity index (χ4v) is 3.40. The van der Waals surface area contributed by atoms with Crippen LogP contribution in [0.25, 0.3) is 0 Å². The first-order valence-corrected chi connectivity index (χ1v) is 6.40. The largest absolute Gasteiger partial charge is 0.458 e. The average molecular weight is 234 g/mol. The lowest BCUT2D eigenvalue weighted by molar-refractivity contribution is -0.188. The lowest BCUT2D eigenvalue weighted by Gasteiger charge is -2.60. The van der Waals surface area contributed by atoms with Crippen molar-refractivity contribution in [1.29, 1.82) is 0 Å². The van der Waals surface area contributed by atoms with Crippen LogP contribution in [-0.2, 0) is 9.53 Å². The average Bonchev–Trinajstić information content (AvgIpc) is 2.26. The maximum atomic E-state index is 11.8. The Bertz CT molecular complexity index is 401. The quantitative estimate of drug-likeness (QED) is 0.415. The van der Waals surface area contributed by atoms with Crippen molar-refractivity contribution in [3.8, 4) is 0 Å². The molecular formula is C15H22O2. The van der Waals surface area contributed by atoms with Crippen LogP contribution in [0.4, 0.5) is 0 Å². The highest BCUT2D eigenvalue weighted by Gasteiger charge is 2.60. The highest BCUT2D eigenvalue weighted by molar-refractivity contribution is 5.87. The lowest BCUT2D eigenvalue weighted by Crippen LogP contribution is -2.61. The Kier molecular flexibility index (Phi) is 2.92. The van der Waals surface area contributed by atoms with Crippen LogP contribution in [0.1, 0.15) is 41.0 Å². The molecule has 0 N–H and O–H groups in total. The summed E-state index contributed by atoms with van der Waals surface area (Å²) in [4.78, 5) is 11.8. The van der Waals surface area contributed by atoms with Crippen LogP contribution < -0.4 is 0 Å². The van der Waals surface area contributed by atoms with Crippen molar-refractivity contribution in [3.63, 3.8) is 0 Å². The Balaban J connectivity index is 2.12. The molecule has 0 aromatic carbocycles. The van der Waals surface area contributed by atoms with Crippen LogP contribution in [0.15, 0.2) is 23.3 Å². The second kappa shape index (κ2) is 4.01. The molecule has 94 valence electrons. The third-order valence-electron chi connectivity index (χ3n) is 4.66. The Morgan fingerprint density at radius 3 is 2.65 bits per heavy atom. The molecule has 3 rings (SSSR count). The van der Waals surface area contributed by atoms with Crippen molar-refractivity contribution < 1.29 is 9.53 Å². The number of ether oxygens (including phenoxy) is 1. The zero-order chi connectivity index (χ0) is 12.8. The van der Waals surface area contributed by atoms with E-state index in [2.05, 4.69) is 26.8 Å². The summed E-state index contributed by atoms with van der Waals surface area (Å²) < 4.78 is 5.66. The van der Waals surface area contributed by atoms with E-state index in [-0.39, 0.29) is 17.5 Å². The molecule has 0 amide bonds. The van der Waals surface area contributed by atoms with Gasteiger partial charge in [0.2, 0.25) is 0 Å². The Labute approximate surface area is 104 Å². The fraction of sp³-hybridized carbons (Fsp3) is 0.667. The van der Waals surface area contributed by atoms with E-state index < -0.39 is 0 Å². The molecule has 0 aromatic heterocycles. The summed E-state index contributed by atoms with van der Waals surface area (Å²) in [5, 5.41) is 0. The lowest BCUT2D eigenvalue weighted by atomic mass is 9.47. The standard InChI is InChI=1S/C15H22O2/c1-6-9(2)14(16)17-13-11-8-7-10(3)12(13)15(11,4)5/h6-7,11-13H,8H2,1-5H3/b9-6+/t11-,12+,13-/m1/s1. The number of hydrogen-bond donors (Lipinski definition) is 0.